The Morgan fingerprint density at radius 1 is 1.14 bits per heavy atom. The van der Waals surface area contributed by atoms with Crippen LogP contribution in [0, 0.1) is 6.92 Å². The number of rotatable bonds is 11. The molecule has 1 aromatic heterocycles. The molecule has 0 saturated heterocycles. The number of aryl methyl sites for hydroxylation is 1. The van der Waals surface area contributed by atoms with Crippen molar-refractivity contribution < 1.29 is 23.5 Å². The van der Waals surface area contributed by atoms with Gasteiger partial charge in [0.15, 0.2) is 5.58 Å². The molecule has 1 heterocycles. The minimum absolute atomic E-state index is 0.108. The van der Waals surface area contributed by atoms with Gasteiger partial charge in [0.1, 0.15) is 17.2 Å². The van der Waals surface area contributed by atoms with E-state index in [1.54, 1.807) is 13.0 Å². The minimum Gasteiger partial charge on any atom is -0.493 e. The largest absolute Gasteiger partial charge is 0.493 e. The molecule has 1 atom stereocenters. The van der Waals surface area contributed by atoms with Crippen LogP contribution in [0.2, 0.25) is 5.02 Å². The zero-order valence-electron chi connectivity index (χ0n) is 20.5. The van der Waals surface area contributed by atoms with E-state index in [4.69, 9.17) is 30.3 Å². The van der Waals surface area contributed by atoms with Gasteiger partial charge in [-0.25, -0.2) is 0 Å². The maximum Gasteiger partial charge on any atom is 0.316 e. The van der Waals surface area contributed by atoms with E-state index in [1.165, 1.54) is 11.8 Å². The van der Waals surface area contributed by atoms with Gasteiger partial charge >= 0.3 is 5.97 Å². The molecule has 3 aromatic carbocycles. The number of benzene rings is 3. The smallest absolute Gasteiger partial charge is 0.316 e. The lowest BCUT2D eigenvalue weighted by Gasteiger charge is -2.18. The Balaban J connectivity index is 1.35. The summed E-state index contributed by atoms with van der Waals surface area (Å²) < 4.78 is 22.7. The molecule has 0 aliphatic carbocycles. The molecule has 6 nitrogen and oxygen atoms in total. The molecule has 0 aliphatic rings. The highest BCUT2D eigenvalue weighted by Gasteiger charge is 2.17. The van der Waals surface area contributed by atoms with Crippen molar-refractivity contribution >= 4 is 40.3 Å². The van der Waals surface area contributed by atoms with Crippen LogP contribution < -0.4 is 9.47 Å². The monoisotopic (exact) mass is 525 g/mol. The van der Waals surface area contributed by atoms with Crippen molar-refractivity contribution in [2.24, 2.45) is 0 Å². The molecular weight excluding hydrogens is 498 g/mol. The molecule has 0 saturated carbocycles. The van der Waals surface area contributed by atoms with Crippen molar-refractivity contribution in [1.29, 1.82) is 0 Å². The summed E-state index contributed by atoms with van der Waals surface area (Å²) in [6.07, 6.45) is 0.573. The van der Waals surface area contributed by atoms with Gasteiger partial charge in [0.2, 0.25) is 0 Å². The highest BCUT2D eigenvalue weighted by atomic mass is 35.5. The second-order valence-corrected chi connectivity index (χ2v) is 9.71. The van der Waals surface area contributed by atoms with Crippen LogP contribution in [0.25, 0.3) is 22.2 Å². The quantitative estimate of drug-likeness (QED) is 0.150. The lowest BCUT2D eigenvalue weighted by atomic mass is 10.1. The van der Waals surface area contributed by atoms with Gasteiger partial charge < -0.3 is 18.7 Å². The van der Waals surface area contributed by atoms with Crippen LogP contribution in [-0.4, -0.2) is 36.2 Å². The zero-order chi connectivity index (χ0) is 25.5. The van der Waals surface area contributed by atoms with E-state index in [9.17, 15) is 4.79 Å². The van der Waals surface area contributed by atoms with Crippen molar-refractivity contribution in [2.75, 3.05) is 19.0 Å². The van der Waals surface area contributed by atoms with Crippen LogP contribution in [0.1, 0.15) is 25.8 Å². The predicted molar refractivity (Wildman–Crippen MR) is 143 cm³/mol. The standard InChI is InChI=1S/C28H28ClNO5S/c1-4-32-27(31)17-36-26-12-10-21(15-18(26)2)33-14-13-19(3)34-24-11-9-20(29)16-23(24)28-22-7-5-6-8-25(22)35-30-28/h5-12,15-16,19H,4,13-14,17H2,1-3H3. The summed E-state index contributed by atoms with van der Waals surface area (Å²) in [6.45, 7) is 6.69. The summed E-state index contributed by atoms with van der Waals surface area (Å²) >= 11 is 7.75. The van der Waals surface area contributed by atoms with E-state index in [-0.39, 0.29) is 12.1 Å². The van der Waals surface area contributed by atoms with E-state index >= 15 is 0 Å². The van der Waals surface area contributed by atoms with Crippen LogP contribution in [0.4, 0.5) is 0 Å². The third kappa shape index (κ3) is 6.53. The van der Waals surface area contributed by atoms with Crippen molar-refractivity contribution in [3.05, 3.63) is 71.2 Å². The molecule has 1 unspecified atom stereocenters. The lowest BCUT2D eigenvalue weighted by Crippen LogP contribution is -2.16. The first-order chi connectivity index (χ1) is 17.4. The Hall–Kier alpha value is -3.16. The molecule has 188 valence electrons. The third-order valence-corrected chi connectivity index (χ3v) is 6.88. The summed E-state index contributed by atoms with van der Waals surface area (Å²) in [7, 11) is 0. The van der Waals surface area contributed by atoms with Crippen LogP contribution in [0.3, 0.4) is 0 Å². The maximum absolute atomic E-state index is 11.6. The number of halogens is 1. The molecular formula is C28H28ClNO5S. The topological polar surface area (TPSA) is 70.8 Å². The maximum atomic E-state index is 11.6. The van der Waals surface area contributed by atoms with Crippen molar-refractivity contribution in [3.8, 4) is 22.8 Å². The molecule has 0 bridgehead atoms. The minimum atomic E-state index is -0.211. The molecule has 0 fully saturated rings. The number of esters is 1. The van der Waals surface area contributed by atoms with E-state index in [2.05, 4.69) is 5.16 Å². The number of nitrogens with zero attached hydrogens (tertiary/aromatic N) is 1. The first-order valence-electron chi connectivity index (χ1n) is 11.8. The summed E-state index contributed by atoms with van der Waals surface area (Å²) in [5, 5.41) is 5.76. The van der Waals surface area contributed by atoms with Gasteiger partial charge in [0.05, 0.1) is 25.1 Å². The predicted octanol–water partition coefficient (Wildman–Crippen LogP) is 7.35. The number of thioether (sulfide) groups is 1. The third-order valence-electron chi connectivity index (χ3n) is 5.49. The van der Waals surface area contributed by atoms with Crippen LogP contribution in [0.5, 0.6) is 11.5 Å². The number of fused-ring (bicyclic) bond motifs is 1. The average molecular weight is 526 g/mol. The molecule has 36 heavy (non-hydrogen) atoms. The molecule has 8 heteroatoms. The molecule has 0 N–H and O–H groups in total. The lowest BCUT2D eigenvalue weighted by molar-refractivity contribution is -0.139. The van der Waals surface area contributed by atoms with Crippen molar-refractivity contribution in [3.63, 3.8) is 0 Å². The number of aromatic nitrogens is 1. The normalized spacial score (nSPS) is 11.9. The first kappa shape index (κ1) is 25.9. The number of hydrogen-bond donors (Lipinski definition) is 0. The molecule has 0 aliphatic heterocycles. The summed E-state index contributed by atoms with van der Waals surface area (Å²) in [4.78, 5) is 12.6. The van der Waals surface area contributed by atoms with Crippen molar-refractivity contribution in [2.45, 2.75) is 38.2 Å². The number of para-hydroxylation sites is 1. The first-order valence-corrected chi connectivity index (χ1v) is 13.1. The van der Waals surface area contributed by atoms with Crippen LogP contribution in [0.15, 0.2) is 70.1 Å². The zero-order valence-corrected chi connectivity index (χ0v) is 22.0. The Morgan fingerprint density at radius 3 is 2.78 bits per heavy atom. The van der Waals surface area contributed by atoms with E-state index < -0.39 is 0 Å². The summed E-state index contributed by atoms with van der Waals surface area (Å²) in [6, 6.07) is 19.1. The summed E-state index contributed by atoms with van der Waals surface area (Å²) in [5.74, 6) is 1.55. The van der Waals surface area contributed by atoms with E-state index in [1.807, 2.05) is 68.4 Å². The number of carbonyl (C=O) groups is 1. The highest BCUT2D eigenvalue weighted by Crippen LogP contribution is 2.37. The van der Waals surface area contributed by atoms with Gasteiger partial charge in [-0.1, -0.05) is 28.9 Å². The van der Waals surface area contributed by atoms with Crippen LogP contribution in [-0.2, 0) is 9.53 Å². The van der Waals surface area contributed by atoms with Gasteiger partial charge in [-0.05, 0) is 74.9 Å². The number of hydrogen-bond acceptors (Lipinski definition) is 7. The van der Waals surface area contributed by atoms with E-state index in [0.29, 0.717) is 47.4 Å². The van der Waals surface area contributed by atoms with Gasteiger partial charge in [0.25, 0.3) is 0 Å². The Morgan fingerprint density at radius 2 is 1.97 bits per heavy atom. The van der Waals surface area contributed by atoms with Gasteiger partial charge in [-0.15, -0.1) is 11.8 Å². The average Bonchev–Trinajstić information content (AvgIpc) is 3.29. The number of ether oxygens (including phenoxy) is 3. The fourth-order valence-corrected chi connectivity index (χ4v) is 4.68. The number of carbonyl (C=O) groups excluding carboxylic acids is 1. The van der Waals surface area contributed by atoms with Crippen LogP contribution >= 0.6 is 23.4 Å². The summed E-state index contributed by atoms with van der Waals surface area (Å²) in [5.41, 5.74) is 3.24. The molecule has 4 aromatic rings. The molecule has 4 rings (SSSR count). The van der Waals surface area contributed by atoms with Gasteiger partial charge in [0, 0.05) is 27.3 Å². The SMILES string of the molecule is CCOC(=O)CSc1ccc(OCCC(C)Oc2ccc(Cl)cc2-c2noc3ccccc23)cc1C. The second-order valence-electron chi connectivity index (χ2n) is 8.25. The van der Waals surface area contributed by atoms with Gasteiger partial charge in [-0.2, -0.15) is 0 Å². The molecule has 0 spiro atoms. The van der Waals surface area contributed by atoms with Crippen molar-refractivity contribution in [1.82, 2.24) is 5.16 Å². The highest BCUT2D eigenvalue weighted by molar-refractivity contribution is 8.00. The van der Waals surface area contributed by atoms with Gasteiger partial charge in [-0.3, -0.25) is 4.79 Å². The Kier molecular flexibility index (Phi) is 8.78. The Labute approximate surface area is 219 Å². The molecule has 0 radical (unpaired) electrons. The molecule has 0 amide bonds. The second kappa shape index (κ2) is 12.2. The fourth-order valence-electron chi connectivity index (χ4n) is 3.70. The Bertz CT molecular complexity index is 1340. The van der Waals surface area contributed by atoms with E-state index in [0.717, 1.165) is 27.2 Å². The fraction of sp³-hybridized carbons (Fsp3) is 0.286.